The van der Waals surface area contributed by atoms with Gasteiger partial charge in [0, 0.05) is 0 Å². The van der Waals surface area contributed by atoms with Crippen LogP contribution in [0, 0.1) is 5.92 Å². The summed E-state index contributed by atoms with van der Waals surface area (Å²) in [5, 5.41) is 2.33. The van der Waals surface area contributed by atoms with Crippen LogP contribution in [0.4, 0.5) is 0 Å². The van der Waals surface area contributed by atoms with Crippen molar-refractivity contribution in [2.24, 2.45) is 5.92 Å². The van der Waals surface area contributed by atoms with Gasteiger partial charge in [-0.3, -0.25) is 0 Å². The molecule has 0 radical (unpaired) electrons. The van der Waals surface area contributed by atoms with Gasteiger partial charge < -0.3 is 14.0 Å². The van der Waals surface area contributed by atoms with E-state index >= 15 is 0 Å². The van der Waals surface area contributed by atoms with Crippen molar-refractivity contribution in [3.05, 3.63) is 36.4 Å². The fourth-order valence-corrected chi connectivity index (χ4v) is 2.72. The van der Waals surface area contributed by atoms with Gasteiger partial charge in [0.1, 0.15) is 5.75 Å². The predicted molar refractivity (Wildman–Crippen MR) is 100.0 cm³/mol. The van der Waals surface area contributed by atoms with Gasteiger partial charge in [0.25, 0.3) is 0 Å². The van der Waals surface area contributed by atoms with E-state index in [0.29, 0.717) is 5.92 Å². The molecule has 0 atom stereocenters. The molecule has 4 heteroatoms. The predicted octanol–water partition coefficient (Wildman–Crippen LogP) is 4.17. The van der Waals surface area contributed by atoms with Crippen LogP contribution in [-0.2, 0) is 9.31 Å². The molecule has 0 aliphatic carbocycles. The quantitative estimate of drug-likeness (QED) is 0.789. The van der Waals surface area contributed by atoms with E-state index in [0.717, 1.165) is 23.2 Å². The van der Waals surface area contributed by atoms with Gasteiger partial charge in [-0.15, -0.1) is 0 Å². The monoisotopic (exact) mass is 326 g/mol. The van der Waals surface area contributed by atoms with Gasteiger partial charge in [-0.2, -0.15) is 0 Å². The van der Waals surface area contributed by atoms with E-state index in [1.54, 1.807) is 0 Å². The average molecular weight is 326 g/mol. The maximum atomic E-state index is 6.14. The van der Waals surface area contributed by atoms with E-state index in [9.17, 15) is 0 Å². The molecule has 128 valence electrons. The van der Waals surface area contributed by atoms with Crippen LogP contribution < -0.4 is 10.2 Å². The van der Waals surface area contributed by atoms with Crippen molar-refractivity contribution in [2.45, 2.75) is 52.7 Å². The second-order valence-electron chi connectivity index (χ2n) is 8.06. The molecule has 2 aromatic carbocycles. The Labute approximate surface area is 145 Å². The molecule has 0 saturated carbocycles. The first-order chi connectivity index (χ1) is 11.2. The minimum absolute atomic E-state index is 0.318. The number of benzene rings is 2. The highest BCUT2D eigenvalue weighted by molar-refractivity contribution is 6.62. The smallest absolute Gasteiger partial charge is 0.493 e. The standard InChI is InChI=1S/C20H27BO3/c1-14(2)13-22-18-10-8-15-11-17(9-7-16(15)12-18)21-23-19(3,4)20(5,6)24-21/h7-12,14H,13H2,1-6H3. The Morgan fingerprint density at radius 3 is 2.12 bits per heavy atom. The number of hydrogen-bond donors (Lipinski definition) is 0. The van der Waals surface area contributed by atoms with E-state index in [1.165, 1.54) is 5.39 Å². The minimum atomic E-state index is -0.323. The molecule has 3 nitrogen and oxygen atoms in total. The van der Waals surface area contributed by atoms with E-state index in [4.69, 9.17) is 14.0 Å². The van der Waals surface area contributed by atoms with Crippen molar-refractivity contribution < 1.29 is 14.0 Å². The highest BCUT2D eigenvalue weighted by Crippen LogP contribution is 2.36. The first-order valence-electron chi connectivity index (χ1n) is 8.70. The van der Waals surface area contributed by atoms with Gasteiger partial charge in [0.15, 0.2) is 0 Å². The van der Waals surface area contributed by atoms with Crippen molar-refractivity contribution >= 4 is 23.4 Å². The third kappa shape index (κ3) is 3.31. The Hall–Kier alpha value is -1.52. The second kappa shape index (κ2) is 6.09. The van der Waals surface area contributed by atoms with Crippen LogP contribution in [0.2, 0.25) is 0 Å². The van der Waals surface area contributed by atoms with Crippen molar-refractivity contribution in [3.63, 3.8) is 0 Å². The fraction of sp³-hybridized carbons (Fsp3) is 0.500. The summed E-state index contributed by atoms with van der Waals surface area (Å²) in [6.07, 6.45) is 0. The summed E-state index contributed by atoms with van der Waals surface area (Å²) in [5.74, 6) is 1.44. The minimum Gasteiger partial charge on any atom is -0.493 e. The van der Waals surface area contributed by atoms with Gasteiger partial charge in [-0.05, 0) is 62.0 Å². The van der Waals surface area contributed by atoms with E-state index in [2.05, 4.69) is 71.9 Å². The molecule has 1 saturated heterocycles. The Bertz CT molecular complexity index is 721. The summed E-state index contributed by atoms with van der Waals surface area (Å²) in [7, 11) is -0.323. The SMILES string of the molecule is CC(C)COc1ccc2cc(B3OC(C)(C)C(C)(C)O3)ccc2c1. The molecule has 0 unspecified atom stereocenters. The zero-order chi connectivity index (χ0) is 17.5. The average Bonchev–Trinajstić information content (AvgIpc) is 2.72. The first kappa shape index (κ1) is 17.3. The van der Waals surface area contributed by atoms with Gasteiger partial charge in [0.05, 0.1) is 17.8 Å². The zero-order valence-corrected chi connectivity index (χ0v) is 15.6. The molecule has 1 aliphatic rings. The largest absolute Gasteiger partial charge is 0.494 e. The summed E-state index contributed by atoms with van der Waals surface area (Å²) in [4.78, 5) is 0. The van der Waals surface area contributed by atoms with Crippen LogP contribution in [0.1, 0.15) is 41.5 Å². The molecule has 1 aliphatic heterocycles. The van der Waals surface area contributed by atoms with E-state index in [-0.39, 0.29) is 18.3 Å². The second-order valence-corrected chi connectivity index (χ2v) is 8.06. The third-order valence-electron chi connectivity index (χ3n) is 4.94. The number of fused-ring (bicyclic) bond motifs is 1. The normalized spacial score (nSPS) is 19.2. The highest BCUT2D eigenvalue weighted by atomic mass is 16.7. The molecule has 1 fully saturated rings. The number of hydrogen-bond acceptors (Lipinski definition) is 3. The summed E-state index contributed by atoms with van der Waals surface area (Å²) in [6, 6.07) is 12.5. The first-order valence-corrected chi connectivity index (χ1v) is 8.70. The third-order valence-corrected chi connectivity index (χ3v) is 4.94. The van der Waals surface area contributed by atoms with Gasteiger partial charge in [0.2, 0.25) is 0 Å². The van der Waals surface area contributed by atoms with Crippen molar-refractivity contribution in [1.29, 1.82) is 0 Å². The number of ether oxygens (including phenoxy) is 1. The molecule has 0 amide bonds. The number of rotatable bonds is 4. The Morgan fingerprint density at radius 2 is 1.50 bits per heavy atom. The molecule has 24 heavy (non-hydrogen) atoms. The molecule has 0 spiro atoms. The molecule has 0 bridgehead atoms. The van der Waals surface area contributed by atoms with Crippen molar-refractivity contribution in [1.82, 2.24) is 0 Å². The lowest BCUT2D eigenvalue weighted by atomic mass is 9.78. The molecule has 0 aromatic heterocycles. The van der Waals surface area contributed by atoms with Crippen LogP contribution in [-0.4, -0.2) is 24.9 Å². The van der Waals surface area contributed by atoms with Crippen molar-refractivity contribution in [3.8, 4) is 5.75 Å². The summed E-state index contributed by atoms with van der Waals surface area (Å²) < 4.78 is 18.1. The lowest BCUT2D eigenvalue weighted by Gasteiger charge is -2.32. The summed E-state index contributed by atoms with van der Waals surface area (Å²) >= 11 is 0. The van der Waals surface area contributed by atoms with Crippen LogP contribution in [0.15, 0.2) is 36.4 Å². The highest BCUT2D eigenvalue weighted by Gasteiger charge is 2.51. The van der Waals surface area contributed by atoms with Gasteiger partial charge in [-0.25, -0.2) is 0 Å². The Kier molecular flexibility index (Phi) is 4.39. The lowest BCUT2D eigenvalue weighted by Crippen LogP contribution is -2.41. The topological polar surface area (TPSA) is 27.7 Å². The van der Waals surface area contributed by atoms with Crippen LogP contribution in [0.25, 0.3) is 10.8 Å². The lowest BCUT2D eigenvalue weighted by molar-refractivity contribution is 0.00578. The van der Waals surface area contributed by atoms with Gasteiger partial charge >= 0.3 is 7.12 Å². The molecule has 1 heterocycles. The Morgan fingerprint density at radius 1 is 0.917 bits per heavy atom. The zero-order valence-electron chi connectivity index (χ0n) is 15.6. The van der Waals surface area contributed by atoms with Crippen LogP contribution >= 0.6 is 0 Å². The van der Waals surface area contributed by atoms with Gasteiger partial charge in [-0.1, -0.05) is 38.1 Å². The fourth-order valence-electron chi connectivity index (χ4n) is 2.72. The molecular weight excluding hydrogens is 299 g/mol. The maximum Gasteiger partial charge on any atom is 0.494 e. The molecule has 0 N–H and O–H groups in total. The van der Waals surface area contributed by atoms with E-state index < -0.39 is 0 Å². The maximum absolute atomic E-state index is 6.14. The summed E-state index contributed by atoms with van der Waals surface area (Å²) in [6.45, 7) is 13.3. The van der Waals surface area contributed by atoms with Crippen LogP contribution in [0.3, 0.4) is 0 Å². The molecule has 2 aromatic rings. The van der Waals surface area contributed by atoms with Crippen LogP contribution in [0.5, 0.6) is 5.75 Å². The molecule has 3 rings (SSSR count). The summed E-state index contributed by atoms with van der Waals surface area (Å²) in [5.41, 5.74) is 0.416. The Balaban J connectivity index is 1.84. The molecular formula is C20H27BO3. The van der Waals surface area contributed by atoms with E-state index in [1.807, 2.05) is 6.07 Å². The van der Waals surface area contributed by atoms with Crippen molar-refractivity contribution in [2.75, 3.05) is 6.61 Å².